The van der Waals surface area contributed by atoms with Gasteiger partial charge in [0.05, 0.1) is 6.42 Å². The first kappa shape index (κ1) is 15.4. The van der Waals surface area contributed by atoms with Gasteiger partial charge in [0, 0.05) is 5.69 Å². The predicted octanol–water partition coefficient (Wildman–Crippen LogP) is 1.96. The number of nitrogens with two attached hydrogens (primary N) is 1. The van der Waals surface area contributed by atoms with E-state index in [-0.39, 0.29) is 18.2 Å². The van der Waals surface area contributed by atoms with Gasteiger partial charge in [0.1, 0.15) is 6.04 Å². The van der Waals surface area contributed by atoms with Crippen LogP contribution in [0.1, 0.15) is 37.7 Å². The summed E-state index contributed by atoms with van der Waals surface area (Å²) in [7, 11) is 0. The third-order valence-electron chi connectivity index (χ3n) is 4.05. The van der Waals surface area contributed by atoms with Gasteiger partial charge in [-0.1, -0.05) is 31.4 Å². The van der Waals surface area contributed by atoms with E-state index in [0.717, 1.165) is 37.7 Å². The van der Waals surface area contributed by atoms with Crippen LogP contribution in [-0.2, 0) is 16.0 Å². The van der Waals surface area contributed by atoms with E-state index in [9.17, 15) is 14.7 Å². The van der Waals surface area contributed by atoms with Gasteiger partial charge in [-0.3, -0.25) is 4.79 Å². The second kappa shape index (κ2) is 7.11. The lowest BCUT2D eigenvalue weighted by Crippen LogP contribution is -2.47. The lowest BCUT2D eigenvalue weighted by molar-refractivity contribution is -0.143. The van der Waals surface area contributed by atoms with Gasteiger partial charge in [-0.2, -0.15) is 0 Å². The van der Waals surface area contributed by atoms with Crippen molar-refractivity contribution in [3.05, 3.63) is 29.8 Å². The minimum absolute atomic E-state index is 0.0478. The molecule has 5 nitrogen and oxygen atoms in total. The zero-order valence-corrected chi connectivity index (χ0v) is 12.0. The minimum Gasteiger partial charge on any atom is -0.480 e. The number of hydrogen-bond donors (Lipinski definition) is 3. The summed E-state index contributed by atoms with van der Waals surface area (Å²) in [4.78, 5) is 23.4. The summed E-state index contributed by atoms with van der Waals surface area (Å²) in [6, 6.07) is 6.26. The number of anilines is 1. The van der Waals surface area contributed by atoms with Crippen molar-refractivity contribution in [3.63, 3.8) is 0 Å². The Labute approximate surface area is 124 Å². The van der Waals surface area contributed by atoms with E-state index in [1.807, 2.05) is 0 Å². The lowest BCUT2D eigenvalue weighted by Gasteiger charge is -2.28. The van der Waals surface area contributed by atoms with E-state index in [2.05, 4.69) is 5.32 Å². The van der Waals surface area contributed by atoms with Gasteiger partial charge in [0.25, 0.3) is 0 Å². The highest BCUT2D eigenvalue weighted by molar-refractivity contribution is 5.85. The number of nitrogen functional groups attached to an aromatic ring is 1. The van der Waals surface area contributed by atoms with Crippen LogP contribution in [0, 0.1) is 5.92 Å². The monoisotopic (exact) mass is 290 g/mol. The van der Waals surface area contributed by atoms with Crippen molar-refractivity contribution < 1.29 is 14.7 Å². The summed E-state index contributed by atoms with van der Waals surface area (Å²) in [5, 5.41) is 12.0. The van der Waals surface area contributed by atoms with Crippen LogP contribution in [0.5, 0.6) is 0 Å². The van der Waals surface area contributed by atoms with E-state index in [1.54, 1.807) is 24.3 Å². The number of rotatable bonds is 5. The molecule has 21 heavy (non-hydrogen) atoms. The second-order valence-corrected chi connectivity index (χ2v) is 5.70. The molecule has 4 N–H and O–H groups in total. The molecule has 1 fully saturated rings. The molecule has 0 radical (unpaired) electrons. The molecule has 114 valence electrons. The van der Waals surface area contributed by atoms with Crippen LogP contribution in [0.25, 0.3) is 0 Å². The Bertz CT molecular complexity index is 493. The number of carbonyl (C=O) groups excluding carboxylic acids is 1. The van der Waals surface area contributed by atoms with Gasteiger partial charge < -0.3 is 16.2 Å². The number of carbonyl (C=O) groups is 2. The maximum atomic E-state index is 12.0. The second-order valence-electron chi connectivity index (χ2n) is 5.70. The average molecular weight is 290 g/mol. The van der Waals surface area contributed by atoms with Crippen molar-refractivity contribution >= 4 is 17.6 Å². The molecular weight excluding hydrogens is 268 g/mol. The van der Waals surface area contributed by atoms with E-state index in [1.165, 1.54) is 0 Å². The number of nitrogens with one attached hydrogen (secondary N) is 1. The molecule has 0 bridgehead atoms. The number of hydrogen-bond acceptors (Lipinski definition) is 3. The Morgan fingerprint density at radius 2 is 1.81 bits per heavy atom. The van der Waals surface area contributed by atoms with Crippen LogP contribution in [0.15, 0.2) is 24.3 Å². The standard InChI is InChI=1S/C16H22N2O3/c17-13-8-6-11(7-9-13)10-14(19)18-15(16(20)21)12-4-2-1-3-5-12/h6-9,12,15H,1-5,10,17H2,(H,18,19)(H,20,21). The van der Waals surface area contributed by atoms with E-state index < -0.39 is 12.0 Å². The maximum Gasteiger partial charge on any atom is 0.326 e. The third kappa shape index (κ3) is 4.48. The molecule has 1 aliphatic rings. The average Bonchev–Trinajstić information content (AvgIpc) is 2.48. The first-order valence-corrected chi connectivity index (χ1v) is 7.43. The Balaban J connectivity index is 1.94. The minimum atomic E-state index is -0.937. The van der Waals surface area contributed by atoms with E-state index in [4.69, 9.17) is 5.73 Å². The predicted molar refractivity (Wildman–Crippen MR) is 80.7 cm³/mol. The molecule has 1 amide bonds. The molecule has 0 aliphatic heterocycles. The summed E-state index contributed by atoms with van der Waals surface area (Å²) < 4.78 is 0. The van der Waals surface area contributed by atoms with Crippen molar-refractivity contribution in [2.45, 2.75) is 44.6 Å². The molecule has 1 aliphatic carbocycles. The number of carboxylic acid groups (broad SMARTS) is 1. The maximum absolute atomic E-state index is 12.0. The Hall–Kier alpha value is -2.04. The van der Waals surface area contributed by atoms with Crippen LogP contribution >= 0.6 is 0 Å². The molecule has 2 rings (SSSR count). The SMILES string of the molecule is Nc1ccc(CC(=O)NC(C(=O)O)C2CCCCC2)cc1. The Morgan fingerprint density at radius 3 is 2.38 bits per heavy atom. The zero-order valence-electron chi connectivity index (χ0n) is 12.0. The van der Waals surface area contributed by atoms with Crippen molar-refractivity contribution in [2.75, 3.05) is 5.73 Å². The largest absolute Gasteiger partial charge is 0.480 e. The topological polar surface area (TPSA) is 92.4 Å². The molecule has 1 unspecified atom stereocenters. The van der Waals surface area contributed by atoms with Crippen LogP contribution in [0.2, 0.25) is 0 Å². The Kier molecular flexibility index (Phi) is 5.20. The molecular formula is C16H22N2O3. The van der Waals surface area contributed by atoms with Crippen molar-refractivity contribution in [1.82, 2.24) is 5.32 Å². The molecule has 0 saturated heterocycles. The van der Waals surface area contributed by atoms with E-state index >= 15 is 0 Å². The molecule has 0 aromatic heterocycles. The van der Waals surface area contributed by atoms with Gasteiger partial charge in [-0.05, 0) is 36.5 Å². The number of carboxylic acids is 1. The van der Waals surface area contributed by atoms with Crippen LogP contribution in [0.3, 0.4) is 0 Å². The summed E-state index contributed by atoms with van der Waals surface area (Å²) in [6.45, 7) is 0. The van der Waals surface area contributed by atoms with Gasteiger partial charge >= 0.3 is 5.97 Å². The summed E-state index contributed by atoms with van der Waals surface area (Å²) >= 11 is 0. The van der Waals surface area contributed by atoms with Gasteiger partial charge in [0.15, 0.2) is 0 Å². The fourth-order valence-electron chi connectivity index (χ4n) is 2.89. The zero-order chi connectivity index (χ0) is 15.2. The normalized spacial score (nSPS) is 17.1. The van der Waals surface area contributed by atoms with Gasteiger partial charge in [-0.25, -0.2) is 4.79 Å². The van der Waals surface area contributed by atoms with Gasteiger partial charge in [-0.15, -0.1) is 0 Å². The third-order valence-corrected chi connectivity index (χ3v) is 4.05. The highest BCUT2D eigenvalue weighted by atomic mass is 16.4. The van der Waals surface area contributed by atoms with Crippen LogP contribution in [0.4, 0.5) is 5.69 Å². The molecule has 1 saturated carbocycles. The molecule has 0 spiro atoms. The van der Waals surface area contributed by atoms with Crippen molar-refractivity contribution in [3.8, 4) is 0 Å². The molecule has 1 aromatic carbocycles. The molecule has 1 atom stereocenters. The van der Waals surface area contributed by atoms with Gasteiger partial charge in [0.2, 0.25) is 5.91 Å². The quantitative estimate of drug-likeness (QED) is 0.723. The lowest BCUT2D eigenvalue weighted by atomic mass is 9.84. The van der Waals surface area contributed by atoms with Crippen LogP contribution < -0.4 is 11.1 Å². The summed E-state index contributed by atoms with van der Waals surface area (Å²) in [5.41, 5.74) is 7.07. The first-order valence-electron chi connectivity index (χ1n) is 7.43. The van der Waals surface area contributed by atoms with Crippen LogP contribution in [-0.4, -0.2) is 23.0 Å². The molecule has 1 aromatic rings. The summed E-state index contributed by atoms with van der Waals surface area (Å²) in [5.74, 6) is -1.14. The fraction of sp³-hybridized carbons (Fsp3) is 0.500. The molecule has 0 heterocycles. The van der Waals surface area contributed by atoms with E-state index in [0.29, 0.717) is 5.69 Å². The Morgan fingerprint density at radius 1 is 1.19 bits per heavy atom. The van der Waals surface area contributed by atoms with Crippen molar-refractivity contribution in [2.24, 2.45) is 5.92 Å². The number of amides is 1. The fourth-order valence-corrected chi connectivity index (χ4v) is 2.89. The molecule has 5 heteroatoms. The highest BCUT2D eigenvalue weighted by Crippen LogP contribution is 2.26. The van der Waals surface area contributed by atoms with Crippen molar-refractivity contribution in [1.29, 1.82) is 0 Å². The first-order chi connectivity index (χ1) is 10.1. The smallest absolute Gasteiger partial charge is 0.326 e. The number of benzene rings is 1. The number of aliphatic carboxylic acids is 1. The summed E-state index contributed by atoms with van der Waals surface area (Å²) in [6.07, 6.45) is 5.17. The highest BCUT2D eigenvalue weighted by Gasteiger charge is 2.30.